The summed E-state index contributed by atoms with van der Waals surface area (Å²) >= 11 is 7.90. The fraction of sp³-hybridized carbons (Fsp3) is 0.259. The second-order valence-electron chi connectivity index (χ2n) is 8.59. The maximum atomic E-state index is 11.8. The summed E-state index contributed by atoms with van der Waals surface area (Å²) in [7, 11) is -1.50. The number of aromatic nitrogens is 2. The second-order valence-corrected chi connectivity index (χ2v) is 12.1. The van der Waals surface area contributed by atoms with Crippen molar-refractivity contribution in [1.82, 2.24) is 14.7 Å². The highest BCUT2D eigenvalue weighted by molar-refractivity contribution is 7.90. The Bertz CT molecular complexity index is 1480. The van der Waals surface area contributed by atoms with Crippen LogP contribution in [-0.4, -0.2) is 68.9 Å². The van der Waals surface area contributed by atoms with E-state index in [1.807, 2.05) is 53.2 Å². The molecule has 8 nitrogen and oxygen atoms in total. The molecule has 11 heteroatoms. The zero-order chi connectivity index (χ0) is 27.1. The van der Waals surface area contributed by atoms with Gasteiger partial charge in [-0.1, -0.05) is 35.9 Å². The standard InChI is InChI=1S/C20H15ClN2O2S2.C7H13NO3/c1-27(24,25)15-6-4-5-14(13-15)19-9-10-20(26-19)18-11-12-22-23(18)17-8-3-2-7-16(17)21;1-8(6-9)3-2-7-10-4-5-11-7/h2-13H,1H3;6-7H,2-5H2,1H3. The van der Waals surface area contributed by atoms with Crippen LogP contribution in [0.1, 0.15) is 6.42 Å². The fourth-order valence-corrected chi connectivity index (χ4v) is 5.65. The molecule has 0 atom stereocenters. The van der Waals surface area contributed by atoms with Crippen LogP contribution in [0.5, 0.6) is 0 Å². The summed E-state index contributed by atoms with van der Waals surface area (Å²) in [5.41, 5.74) is 2.62. The smallest absolute Gasteiger partial charge is 0.209 e. The average molecular weight is 574 g/mol. The maximum Gasteiger partial charge on any atom is 0.209 e. The van der Waals surface area contributed by atoms with Crippen molar-refractivity contribution < 1.29 is 22.7 Å². The molecule has 200 valence electrons. The van der Waals surface area contributed by atoms with Gasteiger partial charge in [0.25, 0.3) is 0 Å². The van der Waals surface area contributed by atoms with Gasteiger partial charge in [-0.2, -0.15) is 5.10 Å². The highest BCUT2D eigenvalue weighted by atomic mass is 35.5. The minimum atomic E-state index is -3.24. The van der Waals surface area contributed by atoms with E-state index in [-0.39, 0.29) is 6.29 Å². The number of carbonyl (C=O) groups excluding carboxylic acids is 1. The highest BCUT2D eigenvalue weighted by Crippen LogP contribution is 2.36. The summed E-state index contributed by atoms with van der Waals surface area (Å²) in [6.45, 7) is 2.04. The van der Waals surface area contributed by atoms with E-state index in [2.05, 4.69) is 5.10 Å². The van der Waals surface area contributed by atoms with Crippen molar-refractivity contribution in [3.05, 3.63) is 77.9 Å². The van der Waals surface area contributed by atoms with Crippen LogP contribution in [0.4, 0.5) is 0 Å². The first-order chi connectivity index (χ1) is 18.3. The monoisotopic (exact) mass is 573 g/mol. The molecule has 2 aromatic carbocycles. The van der Waals surface area contributed by atoms with Crippen molar-refractivity contribution in [3.63, 3.8) is 0 Å². The van der Waals surface area contributed by atoms with Crippen LogP contribution in [-0.2, 0) is 24.1 Å². The number of rotatable bonds is 8. The van der Waals surface area contributed by atoms with Gasteiger partial charge >= 0.3 is 0 Å². The SMILES string of the molecule is CN(C=O)CCC1OCCO1.CS(=O)(=O)c1cccc(-c2ccc(-c3ccnn3-c3ccccc3Cl)s2)c1. The van der Waals surface area contributed by atoms with Gasteiger partial charge in [-0.15, -0.1) is 11.3 Å². The number of hydrogen-bond donors (Lipinski definition) is 0. The Labute approximate surface area is 231 Å². The normalized spacial score (nSPS) is 13.7. The largest absolute Gasteiger partial charge is 0.350 e. The molecule has 3 heterocycles. The fourth-order valence-electron chi connectivity index (χ4n) is 3.75. The van der Waals surface area contributed by atoms with Gasteiger partial charge in [0.15, 0.2) is 16.1 Å². The predicted molar refractivity (Wildman–Crippen MR) is 149 cm³/mol. The lowest BCUT2D eigenvalue weighted by molar-refractivity contribution is -0.118. The third-order valence-electron chi connectivity index (χ3n) is 5.72. The van der Waals surface area contributed by atoms with Gasteiger partial charge in [0.1, 0.15) is 0 Å². The summed E-state index contributed by atoms with van der Waals surface area (Å²) in [6, 6.07) is 20.5. The van der Waals surface area contributed by atoms with Gasteiger partial charge in [-0.3, -0.25) is 4.79 Å². The van der Waals surface area contributed by atoms with Crippen LogP contribution >= 0.6 is 22.9 Å². The molecule has 38 heavy (non-hydrogen) atoms. The van der Waals surface area contributed by atoms with Crippen LogP contribution in [0.2, 0.25) is 5.02 Å². The summed E-state index contributed by atoms with van der Waals surface area (Å²) in [5, 5.41) is 5.04. The highest BCUT2D eigenvalue weighted by Gasteiger charge is 2.16. The molecular weight excluding hydrogens is 546 g/mol. The zero-order valence-corrected chi connectivity index (χ0v) is 23.4. The summed E-state index contributed by atoms with van der Waals surface area (Å²) in [6.07, 6.45) is 4.41. The van der Waals surface area contributed by atoms with Crippen LogP contribution in [0, 0.1) is 0 Å². The van der Waals surface area contributed by atoms with Gasteiger partial charge in [-0.05, 0) is 48.0 Å². The number of benzene rings is 2. The van der Waals surface area contributed by atoms with Gasteiger partial charge < -0.3 is 14.4 Å². The molecule has 1 amide bonds. The Balaban J connectivity index is 0.000000257. The molecule has 2 aromatic heterocycles. The Morgan fingerprint density at radius 2 is 1.82 bits per heavy atom. The van der Waals surface area contributed by atoms with Gasteiger partial charge in [-0.25, -0.2) is 13.1 Å². The van der Waals surface area contributed by atoms with Crippen LogP contribution in [0.15, 0.2) is 77.8 Å². The van der Waals surface area contributed by atoms with Gasteiger partial charge in [0, 0.05) is 31.1 Å². The van der Waals surface area contributed by atoms with Gasteiger partial charge in [0.05, 0.1) is 45.6 Å². The lowest BCUT2D eigenvalue weighted by Crippen LogP contribution is -2.22. The number of ether oxygens (including phenoxy) is 2. The van der Waals surface area contributed by atoms with Crippen molar-refractivity contribution in [2.75, 3.05) is 33.1 Å². The maximum absolute atomic E-state index is 11.8. The van der Waals surface area contributed by atoms with E-state index in [0.29, 0.717) is 29.7 Å². The molecule has 1 aliphatic heterocycles. The molecule has 0 aliphatic carbocycles. The van der Waals surface area contributed by atoms with Crippen molar-refractivity contribution in [2.45, 2.75) is 17.6 Å². The molecule has 0 radical (unpaired) electrons. The number of thiophene rings is 1. The van der Waals surface area contributed by atoms with E-state index in [9.17, 15) is 13.2 Å². The van der Waals surface area contributed by atoms with Crippen molar-refractivity contribution in [2.24, 2.45) is 0 Å². The lowest BCUT2D eigenvalue weighted by atomic mass is 10.2. The first kappa shape index (κ1) is 28.0. The molecule has 1 fully saturated rings. The van der Waals surface area contributed by atoms with E-state index < -0.39 is 9.84 Å². The molecule has 0 N–H and O–H groups in total. The Morgan fingerprint density at radius 1 is 1.08 bits per heavy atom. The van der Waals surface area contributed by atoms with Crippen molar-refractivity contribution in [3.8, 4) is 26.7 Å². The molecule has 0 saturated carbocycles. The van der Waals surface area contributed by atoms with Crippen molar-refractivity contribution >= 4 is 39.2 Å². The molecule has 1 saturated heterocycles. The summed E-state index contributed by atoms with van der Waals surface area (Å²) in [4.78, 5) is 14.1. The third-order valence-corrected chi connectivity index (χ3v) is 8.30. The minimum Gasteiger partial charge on any atom is -0.350 e. The second kappa shape index (κ2) is 12.7. The van der Waals surface area contributed by atoms with E-state index in [1.165, 1.54) is 6.26 Å². The van der Waals surface area contributed by atoms with Crippen LogP contribution in [0.3, 0.4) is 0 Å². The van der Waals surface area contributed by atoms with Gasteiger partial charge in [0.2, 0.25) is 6.41 Å². The molecule has 0 spiro atoms. The number of hydrogen-bond acceptors (Lipinski definition) is 7. The topological polar surface area (TPSA) is 90.7 Å². The number of para-hydroxylation sites is 1. The van der Waals surface area contributed by atoms with Crippen LogP contribution < -0.4 is 0 Å². The number of amides is 1. The van der Waals surface area contributed by atoms with Crippen LogP contribution in [0.25, 0.3) is 26.7 Å². The Hall–Kier alpha value is -3.02. The Morgan fingerprint density at radius 3 is 2.53 bits per heavy atom. The lowest BCUT2D eigenvalue weighted by Gasteiger charge is -2.13. The van der Waals surface area contributed by atoms with E-state index in [1.54, 1.807) is 47.7 Å². The van der Waals surface area contributed by atoms with E-state index in [4.69, 9.17) is 21.1 Å². The number of carbonyl (C=O) groups is 1. The molecule has 0 unspecified atom stereocenters. The van der Waals surface area contributed by atoms with E-state index in [0.717, 1.165) is 39.5 Å². The number of nitrogens with zero attached hydrogens (tertiary/aromatic N) is 3. The average Bonchev–Trinajstić information content (AvgIpc) is 3.69. The molecule has 1 aliphatic rings. The molecule has 4 aromatic rings. The Kier molecular flexibility index (Phi) is 9.35. The number of halogens is 1. The quantitative estimate of drug-likeness (QED) is 0.270. The molecule has 5 rings (SSSR count). The predicted octanol–water partition coefficient (Wildman–Crippen LogP) is 5.16. The molecular formula is C27H28ClN3O5S2. The summed E-state index contributed by atoms with van der Waals surface area (Å²) < 4.78 is 35.8. The third kappa shape index (κ3) is 7.09. The van der Waals surface area contributed by atoms with Crippen molar-refractivity contribution in [1.29, 1.82) is 0 Å². The molecule has 0 bridgehead atoms. The first-order valence-electron chi connectivity index (χ1n) is 11.8. The van der Waals surface area contributed by atoms with E-state index >= 15 is 0 Å². The number of sulfone groups is 1. The minimum absolute atomic E-state index is 0.0996. The first-order valence-corrected chi connectivity index (χ1v) is 14.9. The zero-order valence-electron chi connectivity index (χ0n) is 21.0. The summed E-state index contributed by atoms with van der Waals surface area (Å²) in [5.74, 6) is 0.